The first kappa shape index (κ1) is 14.8. The molecular formula is C15H27N3S. The van der Waals surface area contributed by atoms with E-state index in [2.05, 4.69) is 31.0 Å². The van der Waals surface area contributed by atoms with Crippen LogP contribution in [-0.2, 0) is 6.42 Å². The molecule has 0 amide bonds. The summed E-state index contributed by atoms with van der Waals surface area (Å²) in [6, 6.07) is 0.546. The molecule has 4 heteroatoms. The highest BCUT2D eigenvalue weighted by Crippen LogP contribution is 2.37. The van der Waals surface area contributed by atoms with Gasteiger partial charge in [0.05, 0.1) is 5.69 Å². The molecule has 0 radical (unpaired) electrons. The van der Waals surface area contributed by atoms with Crippen molar-refractivity contribution >= 4 is 16.5 Å². The molecule has 1 heterocycles. The van der Waals surface area contributed by atoms with E-state index in [0.717, 1.165) is 19.6 Å². The number of aromatic nitrogens is 1. The van der Waals surface area contributed by atoms with Crippen LogP contribution in [-0.4, -0.2) is 24.6 Å². The molecule has 0 aliphatic heterocycles. The lowest BCUT2D eigenvalue weighted by Crippen LogP contribution is -2.23. The predicted octanol–water partition coefficient (Wildman–Crippen LogP) is 3.76. The molecule has 1 unspecified atom stereocenters. The van der Waals surface area contributed by atoms with Gasteiger partial charge in [-0.15, -0.1) is 0 Å². The fourth-order valence-corrected chi connectivity index (χ4v) is 4.03. The van der Waals surface area contributed by atoms with Gasteiger partial charge >= 0.3 is 0 Å². The third-order valence-electron chi connectivity index (χ3n) is 3.82. The van der Waals surface area contributed by atoms with Crippen molar-refractivity contribution in [2.45, 2.75) is 58.9 Å². The number of nitrogens with one attached hydrogen (secondary N) is 1. The van der Waals surface area contributed by atoms with Gasteiger partial charge in [0, 0.05) is 24.0 Å². The van der Waals surface area contributed by atoms with E-state index in [4.69, 9.17) is 4.98 Å². The van der Waals surface area contributed by atoms with Gasteiger partial charge in [0.15, 0.2) is 5.13 Å². The van der Waals surface area contributed by atoms with Crippen molar-refractivity contribution in [3.05, 3.63) is 10.6 Å². The number of hydrogen-bond acceptors (Lipinski definition) is 4. The van der Waals surface area contributed by atoms with Crippen molar-refractivity contribution in [2.75, 3.05) is 24.5 Å². The van der Waals surface area contributed by atoms with Gasteiger partial charge in [-0.2, -0.15) is 0 Å². The van der Waals surface area contributed by atoms with E-state index in [9.17, 15) is 0 Å². The molecule has 1 aromatic rings. The Morgan fingerprint density at radius 3 is 2.89 bits per heavy atom. The van der Waals surface area contributed by atoms with Crippen molar-refractivity contribution in [1.29, 1.82) is 0 Å². The first-order valence-corrected chi connectivity index (χ1v) is 8.59. The molecule has 0 fully saturated rings. The first-order valence-electron chi connectivity index (χ1n) is 7.78. The SMILES string of the molecule is CCCCN(CC)c1nc2c(s1)C(NCC)CCC2. The second kappa shape index (κ2) is 7.25. The van der Waals surface area contributed by atoms with Crippen LogP contribution in [0.15, 0.2) is 0 Å². The fourth-order valence-electron chi connectivity index (χ4n) is 2.72. The second-order valence-corrected chi connectivity index (χ2v) is 6.25. The highest BCUT2D eigenvalue weighted by atomic mass is 32.1. The van der Waals surface area contributed by atoms with Gasteiger partial charge in [0.1, 0.15) is 0 Å². The molecule has 0 aromatic carbocycles. The van der Waals surface area contributed by atoms with Crippen molar-refractivity contribution in [3.8, 4) is 0 Å². The highest BCUT2D eigenvalue weighted by molar-refractivity contribution is 7.15. The zero-order valence-electron chi connectivity index (χ0n) is 12.5. The number of rotatable bonds is 7. The van der Waals surface area contributed by atoms with Crippen LogP contribution in [0.5, 0.6) is 0 Å². The summed E-state index contributed by atoms with van der Waals surface area (Å²) < 4.78 is 0. The van der Waals surface area contributed by atoms with E-state index in [1.54, 1.807) is 0 Å². The molecule has 0 spiro atoms. The van der Waals surface area contributed by atoms with E-state index >= 15 is 0 Å². The number of hydrogen-bond donors (Lipinski definition) is 1. The monoisotopic (exact) mass is 281 g/mol. The van der Waals surface area contributed by atoms with Crippen LogP contribution in [0.25, 0.3) is 0 Å². The molecule has 0 saturated carbocycles. The molecule has 1 atom stereocenters. The Morgan fingerprint density at radius 2 is 2.21 bits per heavy atom. The van der Waals surface area contributed by atoms with Gasteiger partial charge in [-0.05, 0) is 39.2 Å². The van der Waals surface area contributed by atoms with Crippen LogP contribution in [0.3, 0.4) is 0 Å². The summed E-state index contributed by atoms with van der Waals surface area (Å²) in [7, 11) is 0. The normalized spacial score (nSPS) is 18.4. The summed E-state index contributed by atoms with van der Waals surface area (Å²) in [5.41, 5.74) is 1.35. The van der Waals surface area contributed by atoms with Crippen LogP contribution in [0.1, 0.15) is 63.1 Å². The molecule has 1 aromatic heterocycles. The largest absolute Gasteiger partial charge is 0.348 e. The highest BCUT2D eigenvalue weighted by Gasteiger charge is 2.25. The third-order valence-corrected chi connectivity index (χ3v) is 5.10. The van der Waals surface area contributed by atoms with Gasteiger partial charge in [-0.1, -0.05) is 31.6 Å². The van der Waals surface area contributed by atoms with E-state index < -0.39 is 0 Å². The van der Waals surface area contributed by atoms with Crippen molar-refractivity contribution < 1.29 is 0 Å². The van der Waals surface area contributed by atoms with Crippen molar-refractivity contribution in [2.24, 2.45) is 0 Å². The second-order valence-electron chi connectivity index (χ2n) is 5.24. The van der Waals surface area contributed by atoms with E-state index in [0.29, 0.717) is 6.04 Å². The summed E-state index contributed by atoms with van der Waals surface area (Å²) in [4.78, 5) is 8.85. The summed E-state index contributed by atoms with van der Waals surface area (Å²) in [6.45, 7) is 9.93. The van der Waals surface area contributed by atoms with E-state index in [-0.39, 0.29) is 0 Å². The Balaban J connectivity index is 2.15. The molecule has 0 bridgehead atoms. The zero-order chi connectivity index (χ0) is 13.7. The Morgan fingerprint density at radius 1 is 1.37 bits per heavy atom. The van der Waals surface area contributed by atoms with Crippen LogP contribution in [0.4, 0.5) is 5.13 Å². The van der Waals surface area contributed by atoms with E-state index in [1.807, 2.05) is 11.3 Å². The number of nitrogens with zero attached hydrogens (tertiary/aromatic N) is 2. The minimum Gasteiger partial charge on any atom is -0.348 e. The Hall–Kier alpha value is -0.610. The minimum absolute atomic E-state index is 0.546. The average Bonchev–Trinajstić information content (AvgIpc) is 2.85. The fraction of sp³-hybridized carbons (Fsp3) is 0.800. The Kier molecular flexibility index (Phi) is 5.64. The van der Waals surface area contributed by atoms with Gasteiger partial charge in [-0.3, -0.25) is 0 Å². The van der Waals surface area contributed by atoms with E-state index in [1.165, 1.54) is 47.8 Å². The summed E-state index contributed by atoms with van der Waals surface area (Å²) in [6.07, 6.45) is 6.22. The Labute approximate surface area is 121 Å². The smallest absolute Gasteiger partial charge is 0.185 e. The number of aryl methyl sites for hydroxylation is 1. The molecule has 1 aliphatic carbocycles. The lowest BCUT2D eigenvalue weighted by molar-refractivity contribution is 0.476. The van der Waals surface area contributed by atoms with Gasteiger partial charge < -0.3 is 10.2 Å². The number of thiazole rings is 1. The maximum Gasteiger partial charge on any atom is 0.185 e. The number of unbranched alkanes of at least 4 members (excludes halogenated alkanes) is 1. The van der Waals surface area contributed by atoms with Crippen LogP contribution in [0, 0.1) is 0 Å². The predicted molar refractivity (Wildman–Crippen MR) is 84.3 cm³/mol. The lowest BCUT2D eigenvalue weighted by atomic mass is 9.98. The molecule has 3 nitrogen and oxygen atoms in total. The third kappa shape index (κ3) is 3.48. The first-order chi connectivity index (χ1) is 9.30. The maximum atomic E-state index is 4.91. The van der Waals surface area contributed by atoms with Gasteiger partial charge in [-0.25, -0.2) is 4.98 Å². The average molecular weight is 281 g/mol. The Bertz CT molecular complexity index is 389. The topological polar surface area (TPSA) is 28.2 Å². The zero-order valence-corrected chi connectivity index (χ0v) is 13.4. The molecule has 0 saturated heterocycles. The maximum absolute atomic E-state index is 4.91. The molecule has 19 heavy (non-hydrogen) atoms. The van der Waals surface area contributed by atoms with Gasteiger partial charge in [0.2, 0.25) is 0 Å². The van der Waals surface area contributed by atoms with Crippen LogP contribution >= 0.6 is 11.3 Å². The molecule has 2 rings (SSSR count). The molecule has 1 N–H and O–H groups in total. The molecular weight excluding hydrogens is 254 g/mol. The molecule has 1 aliphatic rings. The van der Waals surface area contributed by atoms with Crippen molar-refractivity contribution in [1.82, 2.24) is 10.3 Å². The number of anilines is 1. The lowest BCUT2D eigenvalue weighted by Gasteiger charge is -2.21. The summed E-state index contributed by atoms with van der Waals surface area (Å²) >= 11 is 1.92. The quantitative estimate of drug-likeness (QED) is 0.825. The molecule has 108 valence electrons. The summed E-state index contributed by atoms with van der Waals surface area (Å²) in [5.74, 6) is 0. The summed E-state index contributed by atoms with van der Waals surface area (Å²) in [5, 5.41) is 4.85. The van der Waals surface area contributed by atoms with Crippen LogP contribution < -0.4 is 10.2 Å². The number of fused-ring (bicyclic) bond motifs is 1. The van der Waals surface area contributed by atoms with Crippen molar-refractivity contribution in [3.63, 3.8) is 0 Å². The minimum atomic E-state index is 0.546. The van der Waals surface area contributed by atoms with Crippen LogP contribution in [0.2, 0.25) is 0 Å². The standard InChI is InChI=1S/C15H27N3S/c1-4-7-11-18(6-3)15-17-13-10-8-9-12(16-5-2)14(13)19-15/h12,16H,4-11H2,1-3H3. The van der Waals surface area contributed by atoms with Gasteiger partial charge in [0.25, 0.3) is 0 Å².